The minimum Gasteiger partial charge on any atom is -0.477 e. The molecule has 152 valence electrons. The fourth-order valence-corrected chi connectivity index (χ4v) is 2.50. The van der Waals surface area contributed by atoms with Gasteiger partial charge in [-0.2, -0.15) is 5.10 Å². The first-order valence-electron chi connectivity index (χ1n) is 8.80. The van der Waals surface area contributed by atoms with Crippen molar-refractivity contribution in [2.75, 3.05) is 6.61 Å². The van der Waals surface area contributed by atoms with E-state index < -0.39 is 22.4 Å². The smallest absolute Gasteiger partial charge is 0.311 e. The van der Waals surface area contributed by atoms with Crippen LogP contribution in [0.15, 0.2) is 47.6 Å². The van der Waals surface area contributed by atoms with Crippen molar-refractivity contribution in [1.29, 1.82) is 0 Å². The Morgan fingerprint density at radius 3 is 2.55 bits per heavy atom. The van der Waals surface area contributed by atoms with Gasteiger partial charge in [0.15, 0.2) is 12.4 Å². The molecule has 1 amide bonds. The van der Waals surface area contributed by atoms with E-state index in [1.807, 2.05) is 6.92 Å². The van der Waals surface area contributed by atoms with E-state index in [9.17, 15) is 25.0 Å². The van der Waals surface area contributed by atoms with E-state index in [2.05, 4.69) is 10.5 Å². The van der Waals surface area contributed by atoms with Gasteiger partial charge in [-0.05, 0) is 25.0 Å². The number of nitrogens with one attached hydrogen (secondary N) is 1. The molecule has 10 heteroatoms. The summed E-state index contributed by atoms with van der Waals surface area (Å²) in [4.78, 5) is 32.9. The molecule has 2 aromatic carbocycles. The van der Waals surface area contributed by atoms with Crippen molar-refractivity contribution in [2.45, 2.75) is 26.7 Å². The maximum atomic E-state index is 12.0. The summed E-state index contributed by atoms with van der Waals surface area (Å²) in [5.74, 6) is -0.633. The number of hydrogen-bond acceptors (Lipinski definition) is 7. The molecule has 2 aromatic rings. The zero-order chi connectivity index (χ0) is 21.4. The Balaban J connectivity index is 2.01. The van der Waals surface area contributed by atoms with Crippen LogP contribution in [0.5, 0.6) is 5.75 Å². The van der Waals surface area contributed by atoms with E-state index in [-0.39, 0.29) is 17.1 Å². The lowest BCUT2D eigenvalue weighted by atomic mass is 10.1. The molecule has 0 fully saturated rings. The van der Waals surface area contributed by atoms with Crippen molar-refractivity contribution < 1.29 is 19.4 Å². The largest absolute Gasteiger partial charge is 0.477 e. The number of hydrogen-bond donors (Lipinski definition) is 1. The van der Waals surface area contributed by atoms with Gasteiger partial charge in [-0.15, -0.1) is 0 Å². The van der Waals surface area contributed by atoms with E-state index in [1.165, 1.54) is 30.3 Å². The first-order chi connectivity index (χ1) is 13.8. The summed E-state index contributed by atoms with van der Waals surface area (Å²) in [6, 6.07) is 10.4. The third-order valence-corrected chi connectivity index (χ3v) is 3.94. The normalized spacial score (nSPS) is 11.0. The van der Waals surface area contributed by atoms with Crippen LogP contribution in [0.4, 0.5) is 11.4 Å². The van der Waals surface area contributed by atoms with Crippen LogP contribution in [0, 0.1) is 20.2 Å². The number of hydrazone groups is 1. The molecule has 2 rings (SSSR count). The Morgan fingerprint density at radius 1 is 1.14 bits per heavy atom. The molecule has 0 radical (unpaired) electrons. The molecule has 0 spiro atoms. The SMILES string of the molecule is CCCc1ccc(OCC(=O)N/N=C(\C)c2cccc([N+](=O)[O-])c2)c([N+](=O)[O-])c1. The second-order valence-corrected chi connectivity index (χ2v) is 6.14. The number of carbonyl (C=O) groups is 1. The van der Waals surface area contributed by atoms with Gasteiger partial charge in [0, 0.05) is 23.8 Å². The first-order valence-corrected chi connectivity index (χ1v) is 8.80. The third kappa shape index (κ3) is 6.09. The summed E-state index contributed by atoms with van der Waals surface area (Å²) in [5, 5.41) is 25.9. The Kier molecular flexibility index (Phi) is 7.35. The average molecular weight is 400 g/mol. The molecule has 0 atom stereocenters. The number of nitro groups is 2. The molecule has 0 saturated carbocycles. The lowest BCUT2D eigenvalue weighted by molar-refractivity contribution is -0.385. The second-order valence-electron chi connectivity index (χ2n) is 6.14. The summed E-state index contributed by atoms with van der Waals surface area (Å²) in [6.07, 6.45) is 1.55. The van der Waals surface area contributed by atoms with E-state index in [0.29, 0.717) is 17.7 Å². The number of carbonyl (C=O) groups excluding carboxylic acids is 1. The Morgan fingerprint density at radius 2 is 1.90 bits per heavy atom. The molecular formula is C19H20N4O6. The molecule has 29 heavy (non-hydrogen) atoms. The van der Waals surface area contributed by atoms with Gasteiger partial charge < -0.3 is 4.74 Å². The maximum Gasteiger partial charge on any atom is 0.311 e. The van der Waals surface area contributed by atoms with Crippen molar-refractivity contribution in [3.8, 4) is 5.75 Å². The van der Waals surface area contributed by atoms with Crippen LogP contribution in [0.3, 0.4) is 0 Å². The third-order valence-electron chi connectivity index (χ3n) is 3.94. The van der Waals surface area contributed by atoms with E-state index in [0.717, 1.165) is 12.0 Å². The predicted molar refractivity (Wildman–Crippen MR) is 106 cm³/mol. The van der Waals surface area contributed by atoms with Gasteiger partial charge in [-0.1, -0.05) is 31.5 Å². The molecule has 0 saturated heterocycles. The average Bonchev–Trinajstić information content (AvgIpc) is 2.71. The summed E-state index contributed by atoms with van der Waals surface area (Å²) in [5.41, 5.74) is 3.61. The number of benzene rings is 2. The highest BCUT2D eigenvalue weighted by Crippen LogP contribution is 2.28. The van der Waals surface area contributed by atoms with Crippen LogP contribution in [0.25, 0.3) is 0 Å². The number of nitrogens with zero attached hydrogens (tertiary/aromatic N) is 3. The number of amides is 1. The van der Waals surface area contributed by atoms with Gasteiger partial charge in [0.1, 0.15) is 0 Å². The quantitative estimate of drug-likeness (QED) is 0.389. The summed E-state index contributed by atoms with van der Waals surface area (Å²) < 4.78 is 5.27. The molecule has 0 aromatic heterocycles. The molecule has 0 unspecified atom stereocenters. The van der Waals surface area contributed by atoms with Crippen LogP contribution < -0.4 is 10.2 Å². The molecule has 0 aliphatic rings. The van der Waals surface area contributed by atoms with Crippen LogP contribution in [-0.2, 0) is 11.2 Å². The lowest BCUT2D eigenvalue weighted by Gasteiger charge is -2.08. The van der Waals surface area contributed by atoms with Crippen LogP contribution in [0.2, 0.25) is 0 Å². The van der Waals surface area contributed by atoms with Crippen LogP contribution in [0.1, 0.15) is 31.4 Å². The Labute approximate surface area is 166 Å². The van der Waals surface area contributed by atoms with Gasteiger partial charge in [0.2, 0.25) is 0 Å². The zero-order valence-electron chi connectivity index (χ0n) is 16.0. The highest BCUT2D eigenvalue weighted by atomic mass is 16.6. The van der Waals surface area contributed by atoms with Gasteiger partial charge in [0.25, 0.3) is 11.6 Å². The molecule has 1 N–H and O–H groups in total. The highest BCUT2D eigenvalue weighted by Gasteiger charge is 2.17. The highest BCUT2D eigenvalue weighted by molar-refractivity contribution is 5.99. The van der Waals surface area contributed by atoms with Crippen molar-refractivity contribution in [3.63, 3.8) is 0 Å². The zero-order valence-corrected chi connectivity index (χ0v) is 16.0. The van der Waals surface area contributed by atoms with Crippen molar-refractivity contribution in [2.24, 2.45) is 5.10 Å². The number of aryl methyl sites for hydroxylation is 1. The number of nitro benzene ring substituents is 2. The summed E-state index contributed by atoms with van der Waals surface area (Å²) >= 11 is 0. The Hall–Kier alpha value is -3.82. The number of ether oxygens (including phenoxy) is 1. The second kappa shape index (κ2) is 9.93. The topological polar surface area (TPSA) is 137 Å². The van der Waals surface area contributed by atoms with E-state index >= 15 is 0 Å². The molecule has 0 bridgehead atoms. The summed E-state index contributed by atoms with van der Waals surface area (Å²) in [6.45, 7) is 3.08. The predicted octanol–water partition coefficient (Wildman–Crippen LogP) is 3.37. The first kappa shape index (κ1) is 21.5. The van der Waals surface area contributed by atoms with Crippen molar-refractivity contribution in [3.05, 3.63) is 73.8 Å². The van der Waals surface area contributed by atoms with Gasteiger partial charge in [-0.25, -0.2) is 5.43 Å². The van der Waals surface area contributed by atoms with Gasteiger partial charge >= 0.3 is 5.69 Å². The van der Waals surface area contributed by atoms with Crippen LogP contribution in [-0.4, -0.2) is 28.1 Å². The molecule has 0 aliphatic carbocycles. The fourth-order valence-electron chi connectivity index (χ4n) is 2.50. The van der Waals surface area contributed by atoms with Crippen LogP contribution >= 0.6 is 0 Å². The van der Waals surface area contributed by atoms with Crippen molar-refractivity contribution in [1.82, 2.24) is 5.43 Å². The van der Waals surface area contributed by atoms with Gasteiger partial charge in [-0.3, -0.25) is 25.0 Å². The molecule has 0 heterocycles. The number of rotatable bonds is 9. The minimum atomic E-state index is -0.623. The fraction of sp³-hybridized carbons (Fsp3) is 0.263. The monoisotopic (exact) mass is 400 g/mol. The standard InChI is InChI=1S/C19H20N4O6/c1-3-5-14-8-9-18(17(10-14)23(27)28)29-12-19(24)21-20-13(2)15-6-4-7-16(11-15)22(25)26/h4,6-11H,3,5,12H2,1-2H3,(H,21,24)/b20-13+. The maximum absolute atomic E-state index is 12.0. The molecule has 10 nitrogen and oxygen atoms in total. The minimum absolute atomic E-state index is 0.00983. The van der Waals surface area contributed by atoms with Gasteiger partial charge in [0.05, 0.1) is 15.6 Å². The number of non-ortho nitro benzene ring substituents is 1. The molecule has 0 aliphatic heterocycles. The Bertz CT molecular complexity index is 957. The summed E-state index contributed by atoms with van der Waals surface area (Å²) in [7, 11) is 0. The lowest BCUT2D eigenvalue weighted by Crippen LogP contribution is -2.25. The van der Waals surface area contributed by atoms with E-state index in [4.69, 9.17) is 4.74 Å². The van der Waals surface area contributed by atoms with E-state index in [1.54, 1.807) is 19.1 Å². The van der Waals surface area contributed by atoms with Crippen molar-refractivity contribution >= 4 is 23.0 Å². The molecular weight excluding hydrogens is 380 g/mol.